The van der Waals surface area contributed by atoms with E-state index in [1.807, 2.05) is 54.6 Å². The molecule has 4 aromatic rings. The third-order valence-electron chi connectivity index (χ3n) is 7.52. The molecule has 4 rings (SSSR count). The fourth-order valence-electron chi connectivity index (χ4n) is 4.86. The van der Waals surface area contributed by atoms with E-state index in [0.717, 1.165) is 76.0 Å². The van der Waals surface area contributed by atoms with Crippen LogP contribution < -0.4 is 28.4 Å². The van der Waals surface area contributed by atoms with Gasteiger partial charge in [0, 0.05) is 22.3 Å². The summed E-state index contributed by atoms with van der Waals surface area (Å²) in [6.45, 7) is 5.58. The maximum atomic E-state index is 6.58. The first kappa shape index (κ1) is 30.6. The molecule has 0 N–H and O–H groups in total. The minimum Gasteiger partial charge on any atom is -0.497 e. The van der Waals surface area contributed by atoms with Gasteiger partial charge >= 0.3 is 0 Å². The Bertz CT molecular complexity index is 1360. The molecule has 1 atom stereocenters. The van der Waals surface area contributed by atoms with E-state index in [9.17, 15) is 0 Å². The number of unbranched alkanes of at least 4 members (excludes halogenated alkanes) is 1. The van der Waals surface area contributed by atoms with Crippen molar-refractivity contribution in [2.24, 2.45) is 0 Å². The Morgan fingerprint density at radius 3 is 1.52 bits per heavy atom. The third-order valence-corrected chi connectivity index (χ3v) is 7.52. The molecular weight excluding hydrogens is 528 g/mol. The molecule has 0 aliphatic carbocycles. The highest BCUT2D eigenvalue weighted by molar-refractivity contribution is 5.87. The van der Waals surface area contributed by atoms with Crippen LogP contribution in [0.25, 0.3) is 22.3 Å². The lowest BCUT2D eigenvalue weighted by atomic mass is 9.95. The predicted octanol–water partition coefficient (Wildman–Crippen LogP) is 8.81. The molecule has 0 radical (unpaired) electrons. The zero-order valence-electron chi connectivity index (χ0n) is 25.6. The number of hydrogen-bond donors (Lipinski definition) is 0. The lowest BCUT2D eigenvalue weighted by molar-refractivity contribution is 0.267. The van der Waals surface area contributed by atoms with Crippen molar-refractivity contribution < 1.29 is 28.4 Å². The van der Waals surface area contributed by atoms with E-state index in [2.05, 4.69) is 38.1 Å². The van der Waals surface area contributed by atoms with Gasteiger partial charge in [-0.25, -0.2) is 0 Å². The Morgan fingerprint density at radius 2 is 1.05 bits per heavy atom. The zero-order valence-corrected chi connectivity index (χ0v) is 25.6. The molecule has 0 amide bonds. The fraction of sp³-hybridized carbons (Fsp3) is 0.333. The maximum Gasteiger partial charge on any atom is 0.135 e. The van der Waals surface area contributed by atoms with Gasteiger partial charge < -0.3 is 28.4 Å². The van der Waals surface area contributed by atoms with E-state index in [-0.39, 0.29) is 0 Å². The number of rotatable bonds is 15. The van der Waals surface area contributed by atoms with Gasteiger partial charge in [-0.05, 0) is 79.3 Å². The molecule has 0 heterocycles. The number of benzene rings is 4. The van der Waals surface area contributed by atoms with E-state index >= 15 is 0 Å². The Balaban J connectivity index is 1.57. The Morgan fingerprint density at radius 1 is 0.548 bits per heavy atom. The molecule has 0 spiro atoms. The van der Waals surface area contributed by atoms with Crippen LogP contribution in [0.5, 0.6) is 34.5 Å². The van der Waals surface area contributed by atoms with Crippen LogP contribution in [0.4, 0.5) is 0 Å². The van der Waals surface area contributed by atoms with Crippen LogP contribution in [-0.4, -0.2) is 41.7 Å². The molecule has 42 heavy (non-hydrogen) atoms. The molecule has 0 bridgehead atoms. The average Bonchev–Trinajstić information content (AvgIpc) is 3.05. The summed E-state index contributed by atoms with van der Waals surface area (Å²) in [7, 11) is 6.64. The molecule has 6 heteroatoms. The van der Waals surface area contributed by atoms with Gasteiger partial charge in [-0.2, -0.15) is 0 Å². The van der Waals surface area contributed by atoms with E-state index in [1.54, 1.807) is 28.4 Å². The SMILES string of the molecule is CCC(C)c1ccc(OCCCCOc2c(-c3cc(OC)ccc3OC)cccc2-c2cc(OC)ccc2OC)cc1. The largest absolute Gasteiger partial charge is 0.497 e. The molecule has 0 aromatic heterocycles. The molecule has 0 saturated carbocycles. The summed E-state index contributed by atoms with van der Waals surface area (Å²) in [5.74, 6) is 5.10. The molecule has 1 unspecified atom stereocenters. The second-order valence-electron chi connectivity index (χ2n) is 10.1. The van der Waals surface area contributed by atoms with Crippen LogP contribution in [0.3, 0.4) is 0 Å². The van der Waals surface area contributed by atoms with Crippen molar-refractivity contribution in [3.8, 4) is 56.8 Å². The van der Waals surface area contributed by atoms with E-state index in [4.69, 9.17) is 28.4 Å². The molecule has 0 fully saturated rings. The number of methoxy groups -OCH3 is 4. The minimum absolute atomic E-state index is 0.513. The van der Waals surface area contributed by atoms with Crippen molar-refractivity contribution >= 4 is 0 Å². The molecular formula is C36H42O6. The van der Waals surface area contributed by atoms with Crippen molar-refractivity contribution in [2.75, 3.05) is 41.7 Å². The highest BCUT2D eigenvalue weighted by Gasteiger charge is 2.20. The van der Waals surface area contributed by atoms with Crippen molar-refractivity contribution in [2.45, 2.75) is 39.0 Å². The van der Waals surface area contributed by atoms with Crippen molar-refractivity contribution in [1.82, 2.24) is 0 Å². The lowest BCUT2D eigenvalue weighted by Gasteiger charge is -2.20. The summed E-state index contributed by atoms with van der Waals surface area (Å²) >= 11 is 0. The van der Waals surface area contributed by atoms with Crippen LogP contribution in [0, 0.1) is 0 Å². The summed E-state index contributed by atoms with van der Waals surface area (Å²) < 4.78 is 35.1. The maximum absolute atomic E-state index is 6.58. The van der Waals surface area contributed by atoms with Crippen molar-refractivity contribution in [3.63, 3.8) is 0 Å². The second-order valence-corrected chi connectivity index (χ2v) is 10.1. The van der Waals surface area contributed by atoms with Crippen LogP contribution in [0.1, 0.15) is 44.6 Å². The van der Waals surface area contributed by atoms with Gasteiger partial charge in [0.2, 0.25) is 0 Å². The van der Waals surface area contributed by atoms with Gasteiger partial charge in [-0.15, -0.1) is 0 Å². The van der Waals surface area contributed by atoms with Gasteiger partial charge in [-0.1, -0.05) is 44.2 Å². The topological polar surface area (TPSA) is 55.4 Å². The van der Waals surface area contributed by atoms with E-state index < -0.39 is 0 Å². The Labute approximate surface area is 250 Å². The first-order valence-electron chi connectivity index (χ1n) is 14.5. The minimum atomic E-state index is 0.513. The van der Waals surface area contributed by atoms with Crippen LogP contribution >= 0.6 is 0 Å². The zero-order chi connectivity index (χ0) is 29.9. The number of hydrogen-bond acceptors (Lipinski definition) is 6. The third kappa shape index (κ3) is 7.30. The van der Waals surface area contributed by atoms with Crippen molar-refractivity contribution in [3.05, 3.63) is 84.4 Å². The smallest absolute Gasteiger partial charge is 0.135 e. The molecule has 4 aromatic carbocycles. The van der Waals surface area contributed by atoms with Crippen LogP contribution in [-0.2, 0) is 0 Å². The summed E-state index contributed by atoms with van der Waals surface area (Å²) in [4.78, 5) is 0. The molecule has 6 nitrogen and oxygen atoms in total. The number of para-hydroxylation sites is 1. The van der Waals surface area contributed by atoms with E-state index in [1.165, 1.54) is 5.56 Å². The number of ether oxygens (including phenoxy) is 6. The summed E-state index contributed by atoms with van der Waals surface area (Å²) in [5.41, 5.74) is 4.88. The van der Waals surface area contributed by atoms with Gasteiger partial charge in [-0.3, -0.25) is 0 Å². The van der Waals surface area contributed by atoms with Gasteiger partial charge in [0.25, 0.3) is 0 Å². The first-order valence-corrected chi connectivity index (χ1v) is 14.5. The highest BCUT2D eigenvalue weighted by Crippen LogP contribution is 2.46. The van der Waals surface area contributed by atoms with E-state index in [0.29, 0.717) is 19.1 Å². The first-order chi connectivity index (χ1) is 20.5. The normalized spacial score (nSPS) is 11.5. The molecule has 222 valence electrons. The quantitative estimate of drug-likeness (QED) is 0.133. The molecule has 0 aliphatic heterocycles. The highest BCUT2D eigenvalue weighted by atomic mass is 16.5. The van der Waals surface area contributed by atoms with Crippen LogP contribution in [0.2, 0.25) is 0 Å². The predicted molar refractivity (Wildman–Crippen MR) is 169 cm³/mol. The van der Waals surface area contributed by atoms with Crippen molar-refractivity contribution in [1.29, 1.82) is 0 Å². The lowest BCUT2D eigenvalue weighted by Crippen LogP contribution is -2.05. The monoisotopic (exact) mass is 570 g/mol. The molecule has 0 aliphatic rings. The van der Waals surface area contributed by atoms with Gasteiger partial charge in [0.15, 0.2) is 0 Å². The standard InChI is InChI=1S/C36H42O6/c1-7-25(2)26-13-15-27(16-14-26)41-21-8-9-22-42-36-30(32-23-28(37-3)17-19-34(32)39-5)11-10-12-31(36)33-24-29(38-4)18-20-35(33)40-6/h10-20,23-25H,7-9,21-22H2,1-6H3. The van der Waals surface area contributed by atoms with Gasteiger partial charge in [0.1, 0.15) is 34.5 Å². The Kier molecular flexibility index (Phi) is 11.0. The fourth-order valence-corrected chi connectivity index (χ4v) is 4.86. The van der Waals surface area contributed by atoms with Gasteiger partial charge in [0.05, 0.1) is 41.7 Å². The summed E-state index contributed by atoms with van der Waals surface area (Å²) in [6.07, 6.45) is 2.80. The second kappa shape index (κ2) is 15.1. The summed E-state index contributed by atoms with van der Waals surface area (Å²) in [6, 6.07) is 26.0. The Hall–Kier alpha value is -4.32. The van der Waals surface area contributed by atoms with Crippen LogP contribution in [0.15, 0.2) is 78.9 Å². The average molecular weight is 571 g/mol. The molecule has 0 saturated heterocycles. The summed E-state index contributed by atoms with van der Waals surface area (Å²) in [5, 5.41) is 0.